The third kappa shape index (κ3) is 3.43. The van der Waals surface area contributed by atoms with Crippen molar-refractivity contribution in [2.45, 2.75) is 19.9 Å². The van der Waals surface area contributed by atoms with Crippen molar-refractivity contribution in [2.75, 3.05) is 6.61 Å². The fraction of sp³-hybridized carbons (Fsp3) is 0.400. The van der Waals surface area contributed by atoms with Gasteiger partial charge in [0.2, 0.25) is 6.54 Å². The molecule has 1 aromatic rings. The molecule has 0 fully saturated rings. The van der Waals surface area contributed by atoms with Crippen LogP contribution in [0.1, 0.15) is 18.9 Å². The summed E-state index contributed by atoms with van der Waals surface area (Å²) in [5.41, 5.74) is 0.693. The van der Waals surface area contributed by atoms with E-state index in [9.17, 15) is 10.1 Å². The molecule has 0 aliphatic carbocycles. The van der Waals surface area contributed by atoms with Crippen molar-refractivity contribution in [1.82, 2.24) is 0 Å². The summed E-state index contributed by atoms with van der Waals surface area (Å²) in [6, 6.07) is 6.95. The lowest BCUT2D eigenvalue weighted by Crippen LogP contribution is -1.98. The monoisotopic (exact) mass is 195 g/mol. The lowest BCUT2D eigenvalue weighted by atomic mass is 10.2. The molecule has 0 aromatic heterocycles. The minimum atomic E-state index is -0.345. The van der Waals surface area contributed by atoms with Gasteiger partial charge in [0.15, 0.2) is 0 Å². The Morgan fingerprint density at radius 3 is 2.50 bits per heavy atom. The lowest BCUT2D eigenvalue weighted by molar-refractivity contribution is -0.496. The van der Waals surface area contributed by atoms with Gasteiger partial charge in [-0.1, -0.05) is 6.92 Å². The fourth-order valence-corrected chi connectivity index (χ4v) is 1.06. The average molecular weight is 195 g/mol. The number of hydrogen-bond donors (Lipinski definition) is 0. The number of rotatable bonds is 5. The Balaban J connectivity index is 2.54. The van der Waals surface area contributed by atoms with Crippen LogP contribution in [0.3, 0.4) is 0 Å². The van der Waals surface area contributed by atoms with Gasteiger partial charge in [-0.05, 0) is 30.7 Å². The van der Waals surface area contributed by atoms with Crippen LogP contribution >= 0.6 is 0 Å². The van der Waals surface area contributed by atoms with E-state index in [1.54, 1.807) is 24.3 Å². The molecule has 0 atom stereocenters. The molecule has 0 saturated carbocycles. The Morgan fingerprint density at radius 1 is 1.36 bits per heavy atom. The summed E-state index contributed by atoms with van der Waals surface area (Å²) in [5, 5.41) is 10.2. The Hall–Kier alpha value is -1.58. The first-order valence-electron chi connectivity index (χ1n) is 4.56. The highest BCUT2D eigenvalue weighted by molar-refractivity contribution is 5.26. The first kappa shape index (κ1) is 10.5. The first-order valence-corrected chi connectivity index (χ1v) is 4.56. The molecule has 0 spiro atoms. The molecule has 0 heterocycles. The SMILES string of the molecule is CCCOc1ccc(C[N+](=O)[O-])cc1. The van der Waals surface area contributed by atoms with Gasteiger partial charge in [0.05, 0.1) is 6.61 Å². The van der Waals surface area contributed by atoms with Crippen LogP contribution in [0.2, 0.25) is 0 Å². The highest BCUT2D eigenvalue weighted by Gasteiger charge is 2.00. The molecule has 0 unspecified atom stereocenters. The summed E-state index contributed by atoms with van der Waals surface area (Å²) >= 11 is 0. The van der Waals surface area contributed by atoms with Gasteiger partial charge >= 0.3 is 0 Å². The summed E-state index contributed by atoms with van der Waals surface area (Å²) < 4.78 is 5.35. The van der Waals surface area contributed by atoms with Crippen LogP contribution in [0.4, 0.5) is 0 Å². The van der Waals surface area contributed by atoms with E-state index in [-0.39, 0.29) is 11.5 Å². The van der Waals surface area contributed by atoms with Crippen molar-refractivity contribution in [2.24, 2.45) is 0 Å². The van der Waals surface area contributed by atoms with Gasteiger partial charge in [-0.2, -0.15) is 0 Å². The summed E-state index contributed by atoms with van der Waals surface area (Å²) in [5.74, 6) is 0.763. The van der Waals surface area contributed by atoms with Crippen LogP contribution in [-0.4, -0.2) is 11.5 Å². The summed E-state index contributed by atoms with van der Waals surface area (Å²) in [7, 11) is 0. The third-order valence-electron chi connectivity index (χ3n) is 1.71. The van der Waals surface area contributed by atoms with Crippen LogP contribution in [0, 0.1) is 10.1 Å². The van der Waals surface area contributed by atoms with Gasteiger partial charge < -0.3 is 4.74 Å². The lowest BCUT2D eigenvalue weighted by Gasteiger charge is -2.03. The second-order valence-corrected chi connectivity index (χ2v) is 2.98. The molecule has 4 heteroatoms. The zero-order valence-electron chi connectivity index (χ0n) is 8.10. The summed E-state index contributed by atoms with van der Waals surface area (Å²) in [6.45, 7) is 2.57. The predicted octanol–water partition coefficient (Wildman–Crippen LogP) is 2.25. The Bertz CT molecular complexity index is 295. The van der Waals surface area contributed by atoms with Crippen LogP contribution in [-0.2, 0) is 6.54 Å². The van der Waals surface area contributed by atoms with Crippen molar-refractivity contribution >= 4 is 0 Å². The van der Waals surface area contributed by atoms with Gasteiger partial charge in [0.25, 0.3) is 0 Å². The largest absolute Gasteiger partial charge is 0.494 e. The van der Waals surface area contributed by atoms with Gasteiger partial charge in [-0.3, -0.25) is 10.1 Å². The normalized spacial score (nSPS) is 9.79. The number of hydrogen-bond acceptors (Lipinski definition) is 3. The van der Waals surface area contributed by atoms with E-state index < -0.39 is 0 Å². The maximum atomic E-state index is 10.2. The molecular weight excluding hydrogens is 182 g/mol. The average Bonchev–Trinajstić information content (AvgIpc) is 2.16. The third-order valence-corrected chi connectivity index (χ3v) is 1.71. The van der Waals surface area contributed by atoms with Gasteiger partial charge in [0.1, 0.15) is 5.75 Å². The summed E-state index contributed by atoms with van der Waals surface area (Å²) in [4.78, 5) is 9.85. The van der Waals surface area contributed by atoms with Gasteiger partial charge in [-0.15, -0.1) is 0 Å². The maximum Gasteiger partial charge on any atom is 0.228 e. The quantitative estimate of drug-likeness (QED) is 0.534. The van der Waals surface area contributed by atoms with Crippen molar-refractivity contribution in [3.8, 4) is 5.75 Å². The predicted molar refractivity (Wildman–Crippen MR) is 52.9 cm³/mol. The molecule has 4 nitrogen and oxygen atoms in total. The van der Waals surface area contributed by atoms with Crippen molar-refractivity contribution in [3.63, 3.8) is 0 Å². The molecule has 14 heavy (non-hydrogen) atoms. The van der Waals surface area contributed by atoms with Crippen molar-refractivity contribution < 1.29 is 9.66 Å². The van der Waals surface area contributed by atoms with Crippen LogP contribution < -0.4 is 4.74 Å². The van der Waals surface area contributed by atoms with Crippen LogP contribution in [0.15, 0.2) is 24.3 Å². The highest BCUT2D eigenvalue weighted by atomic mass is 16.6. The smallest absolute Gasteiger partial charge is 0.228 e. The molecule has 0 aliphatic rings. The second-order valence-electron chi connectivity index (χ2n) is 2.98. The first-order chi connectivity index (χ1) is 6.72. The molecule has 0 saturated heterocycles. The van der Waals surface area contributed by atoms with E-state index in [0.717, 1.165) is 12.2 Å². The number of ether oxygens (including phenoxy) is 1. The molecule has 1 rings (SSSR count). The zero-order valence-corrected chi connectivity index (χ0v) is 8.10. The molecule has 0 N–H and O–H groups in total. The molecular formula is C10H13NO3. The molecule has 0 aliphatic heterocycles. The van der Waals surface area contributed by atoms with Crippen LogP contribution in [0.5, 0.6) is 5.75 Å². The van der Waals surface area contributed by atoms with Gasteiger partial charge in [-0.25, -0.2) is 0 Å². The van der Waals surface area contributed by atoms with E-state index in [1.165, 1.54) is 0 Å². The van der Waals surface area contributed by atoms with Crippen molar-refractivity contribution in [3.05, 3.63) is 39.9 Å². The molecule has 1 aromatic carbocycles. The minimum Gasteiger partial charge on any atom is -0.494 e. The van der Waals surface area contributed by atoms with E-state index in [2.05, 4.69) is 0 Å². The highest BCUT2D eigenvalue weighted by Crippen LogP contribution is 2.12. The molecule has 76 valence electrons. The molecule has 0 amide bonds. The van der Waals surface area contributed by atoms with E-state index in [0.29, 0.717) is 12.2 Å². The Labute approximate surface area is 82.7 Å². The standard InChI is InChI=1S/C10H13NO3/c1-2-7-14-10-5-3-9(4-6-10)8-11(12)13/h3-6H,2,7-8H2,1H3. The van der Waals surface area contributed by atoms with E-state index in [4.69, 9.17) is 4.74 Å². The maximum absolute atomic E-state index is 10.2. The van der Waals surface area contributed by atoms with Crippen LogP contribution in [0.25, 0.3) is 0 Å². The Morgan fingerprint density at radius 2 is 2.00 bits per heavy atom. The summed E-state index contributed by atoms with van der Waals surface area (Å²) in [6.07, 6.45) is 0.955. The molecule has 0 bridgehead atoms. The number of benzene rings is 1. The van der Waals surface area contributed by atoms with E-state index in [1.807, 2.05) is 6.92 Å². The Kier molecular flexibility index (Phi) is 3.91. The topological polar surface area (TPSA) is 52.4 Å². The van der Waals surface area contributed by atoms with Crippen molar-refractivity contribution in [1.29, 1.82) is 0 Å². The fourth-order valence-electron chi connectivity index (χ4n) is 1.06. The number of nitro groups is 1. The van der Waals surface area contributed by atoms with E-state index >= 15 is 0 Å². The molecule has 0 radical (unpaired) electrons. The minimum absolute atomic E-state index is 0.131. The zero-order chi connectivity index (χ0) is 10.4. The number of nitrogens with zero attached hydrogens (tertiary/aromatic N) is 1. The van der Waals surface area contributed by atoms with Gasteiger partial charge in [0, 0.05) is 10.5 Å². The second kappa shape index (κ2) is 5.21.